The third kappa shape index (κ3) is 4.16. The Hall–Kier alpha value is -3.68. The van der Waals surface area contributed by atoms with Crippen molar-refractivity contribution >= 4 is 50.1 Å². The van der Waals surface area contributed by atoms with E-state index in [4.69, 9.17) is 4.74 Å². The van der Waals surface area contributed by atoms with E-state index in [-0.39, 0.29) is 0 Å². The Labute approximate surface area is 203 Å². The third-order valence-corrected chi connectivity index (χ3v) is 8.02. The van der Waals surface area contributed by atoms with Gasteiger partial charge in [0.25, 0.3) is 0 Å². The van der Waals surface area contributed by atoms with Crippen LogP contribution in [0.2, 0.25) is 0 Å². The summed E-state index contributed by atoms with van der Waals surface area (Å²) in [6.45, 7) is 1.81. The van der Waals surface area contributed by atoms with Gasteiger partial charge in [0.05, 0.1) is 16.5 Å². The van der Waals surface area contributed by atoms with Gasteiger partial charge < -0.3 is 9.84 Å². The molecule has 1 atom stereocenters. The number of carbonyl (C=O) groups is 2. The smallest absolute Gasteiger partial charge is 0.413 e. The van der Waals surface area contributed by atoms with Crippen LogP contribution in [-0.4, -0.2) is 31.9 Å². The molecule has 1 aliphatic rings. The number of ether oxygens (including phenoxy) is 1. The van der Waals surface area contributed by atoms with Gasteiger partial charge in [-0.15, -0.1) is 22.7 Å². The number of carboxylic acid groups (broad SMARTS) is 1. The Morgan fingerprint density at radius 1 is 1.24 bits per heavy atom. The van der Waals surface area contributed by atoms with Crippen LogP contribution >= 0.6 is 22.7 Å². The van der Waals surface area contributed by atoms with Gasteiger partial charge in [0.2, 0.25) is 0 Å². The summed E-state index contributed by atoms with van der Waals surface area (Å²) < 4.78 is 7.93. The maximum absolute atomic E-state index is 12.4. The number of amides is 1. The molecule has 1 aliphatic carbocycles. The van der Waals surface area contributed by atoms with Crippen LogP contribution in [0.15, 0.2) is 42.6 Å². The molecule has 0 radical (unpaired) electrons. The van der Waals surface area contributed by atoms with E-state index >= 15 is 0 Å². The molecule has 8 nitrogen and oxygen atoms in total. The molecule has 3 aromatic heterocycles. The van der Waals surface area contributed by atoms with E-state index in [1.54, 1.807) is 20.2 Å². The van der Waals surface area contributed by atoms with E-state index in [0.29, 0.717) is 29.2 Å². The minimum atomic E-state index is -0.769. The summed E-state index contributed by atoms with van der Waals surface area (Å²) in [7, 11) is 1.71. The number of carboxylic acids is 1. The van der Waals surface area contributed by atoms with Crippen molar-refractivity contribution in [3.63, 3.8) is 0 Å². The lowest BCUT2D eigenvalue weighted by Crippen LogP contribution is -2.18. The van der Waals surface area contributed by atoms with Gasteiger partial charge in [-0.25, -0.2) is 9.78 Å². The van der Waals surface area contributed by atoms with Gasteiger partial charge in [-0.3, -0.25) is 14.8 Å². The summed E-state index contributed by atoms with van der Waals surface area (Å²) in [6, 6.07) is 11.4. The Morgan fingerprint density at radius 2 is 2.00 bits per heavy atom. The molecule has 0 bridgehead atoms. The first-order valence-electron chi connectivity index (χ1n) is 10.6. The zero-order valence-electron chi connectivity index (χ0n) is 18.4. The van der Waals surface area contributed by atoms with Crippen LogP contribution in [0.3, 0.4) is 0 Å². The Morgan fingerprint density at radius 3 is 2.68 bits per heavy atom. The number of benzene rings is 1. The number of rotatable bonds is 5. The molecule has 34 heavy (non-hydrogen) atoms. The topological polar surface area (TPSA) is 106 Å². The minimum Gasteiger partial charge on any atom is -0.481 e. The summed E-state index contributed by atoms with van der Waals surface area (Å²) in [6.07, 6.45) is 1.91. The molecule has 10 heteroatoms. The van der Waals surface area contributed by atoms with Gasteiger partial charge in [-0.1, -0.05) is 36.3 Å². The van der Waals surface area contributed by atoms with Crippen LogP contribution in [0.1, 0.15) is 46.9 Å². The first-order valence-corrected chi connectivity index (χ1v) is 12.2. The molecule has 0 saturated heterocycles. The first-order chi connectivity index (χ1) is 16.4. The van der Waals surface area contributed by atoms with Gasteiger partial charge in [0.15, 0.2) is 5.01 Å². The van der Waals surface area contributed by atoms with E-state index in [9.17, 15) is 14.7 Å². The lowest BCUT2D eigenvalue weighted by molar-refractivity contribution is -0.139. The fourth-order valence-electron chi connectivity index (χ4n) is 3.59. The van der Waals surface area contributed by atoms with E-state index in [0.717, 1.165) is 20.0 Å². The number of nitrogens with one attached hydrogen (secondary N) is 1. The molecule has 1 saturated carbocycles. The van der Waals surface area contributed by atoms with Crippen molar-refractivity contribution in [2.45, 2.75) is 31.3 Å². The molecule has 1 unspecified atom stereocenters. The SMILES string of the molecule is CC(OC(=O)Nc1c(C#Cc2nc3sc(C4(C(=O)O)CC4)cc3s2)cnn1C)c1ccccc1. The van der Waals surface area contributed by atoms with Crippen LogP contribution in [0.25, 0.3) is 9.53 Å². The average Bonchev–Trinajstić information content (AvgIpc) is 3.26. The molecular formula is C24H20N4O4S2. The molecule has 5 rings (SSSR count). The monoisotopic (exact) mass is 492 g/mol. The van der Waals surface area contributed by atoms with Crippen molar-refractivity contribution in [2.75, 3.05) is 5.32 Å². The molecule has 172 valence electrons. The second-order valence-corrected chi connectivity index (χ2v) is 10.1. The largest absolute Gasteiger partial charge is 0.481 e. The number of thiazole rings is 1. The number of hydrogen-bond donors (Lipinski definition) is 2. The normalized spacial score (nSPS) is 14.8. The highest BCUT2D eigenvalue weighted by atomic mass is 32.1. The molecule has 1 amide bonds. The number of aromatic nitrogens is 3. The van der Waals surface area contributed by atoms with E-state index < -0.39 is 23.6 Å². The zero-order valence-corrected chi connectivity index (χ0v) is 20.0. The number of aliphatic carboxylic acids is 1. The van der Waals surface area contributed by atoms with E-state index in [1.165, 1.54) is 27.4 Å². The highest BCUT2D eigenvalue weighted by molar-refractivity contribution is 7.27. The average molecular weight is 493 g/mol. The van der Waals surface area contributed by atoms with Crippen molar-refractivity contribution in [1.82, 2.24) is 14.8 Å². The van der Waals surface area contributed by atoms with Gasteiger partial charge >= 0.3 is 12.1 Å². The zero-order chi connectivity index (χ0) is 23.9. The molecule has 0 spiro atoms. The maximum Gasteiger partial charge on any atom is 0.413 e. The number of hydrogen-bond acceptors (Lipinski definition) is 7. The Balaban J connectivity index is 1.30. The summed E-state index contributed by atoms with van der Waals surface area (Å²) in [5, 5.41) is 17.0. The summed E-state index contributed by atoms with van der Waals surface area (Å²) in [4.78, 5) is 30.2. The van der Waals surface area contributed by atoms with Crippen molar-refractivity contribution in [1.29, 1.82) is 0 Å². The van der Waals surface area contributed by atoms with E-state index in [2.05, 4.69) is 27.2 Å². The van der Waals surface area contributed by atoms with Crippen LogP contribution in [0, 0.1) is 11.8 Å². The van der Waals surface area contributed by atoms with Gasteiger partial charge in [0.1, 0.15) is 22.2 Å². The number of thiophene rings is 1. The summed E-state index contributed by atoms with van der Waals surface area (Å²) in [5.41, 5.74) is 0.708. The minimum absolute atomic E-state index is 0.409. The van der Waals surface area contributed by atoms with Crippen LogP contribution < -0.4 is 5.32 Å². The van der Waals surface area contributed by atoms with Crippen LogP contribution in [0.5, 0.6) is 0 Å². The Bertz CT molecular complexity index is 1420. The van der Waals surface area contributed by atoms with Crippen LogP contribution in [-0.2, 0) is 22.0 Å². The highest BCUT2D eigenvalue weighted by Gasteiger charge is 2.53. The fraction of sp³-hybridized carbons (Fsp3) is 0.250. The first kappa shape index (κ1) is 22.1. The van der Waals surface area contributed by atoms with Crippen molar-refractivity contribution in [2.24, 2.45) is 7.05 Å². The summed E-state index contributed by atoms with van der Waals surface area (Å²) >= 11 is 2.84. The molecule has 1 fully saturated rings. The Kier molecular flexibility index (Phi) is 5.59. The van der Waals surface area contributed by atoms with Gasteiger partial charge in [-0.05, 0) is 37.3 Å². The van der Waals surface area contributed by atoms with Crippen molar-refractivity contribution in [3.8, 4) is 11.8 Å². The summed E-state index contributed by atoms with van der Waals surface area (Å²) in [5.74, 6) is 5.71. The molecular weight excluding hydrogens is 472 g/mol. The number of carbonyl (C=O) groups excluding carboxylic acids is 1. The van der Waals surface area contributed by atoms with Crippen molar-refractivity contribution < 1.29 is 19.4 Å². The molecule has 1 aromatic carbocycles. The number of fused-ring (bicyclic) bond motifs is 1. The second-order valence-electron chi connectivity index (χ2n) is 8.05. The predicted molar refractivity (Wildman–Crippen MR) is 130 cm³/mol. The quantitative estimate of drug-likeness (QED) is 0.383. The van der Waals surface area contributed by atoms with Gasteiger partial charge in [-0.2, -0.15) is 5.10 Å². The maximum atomic E-state index is 12.4. The van der Waals surface area contributed by atoms with Crippen molar-refractivity contribution in [3.05, 3.63) is 63.6 Å². The number of anilines is 1. The molecule has 2 N–H and O–H groups in total. The number of nitrogens with zero attached hydrogens (tertiary/aromatic N) is 3. The lowest BCUT2D eigenvalue weighted by atomic mass is 10.1. The molecule has 0 aliphatic heterocycles. The fourth-order valence-corrected chi connectivity index (χ4v) is 5.90. The van der Waals surface area contributed by atoms with E-state index in [1.807, 2.05) is 36.4 Å². The number of aryl methyl sites for hydroxylation is 1. The molecule has 3 heterocycles. The third-order valence-electron chi connectivity index (χ3n) is 5.74. The van der Waals surface area contributed by atoms with Crippen LogP contribution in [0.4, 0.5) is 10.6 Å². The van der Waals surface area contributed by atoms with Gasteiger partial charge in [0, 0.05) is 11.9 Å². The lowest BCUT2D eigenvalue weighted by Gasteiger charge is -2.14. The molecule has 4 aromatic rings. The highest BCUT2D eigenvalue weighted by Crippen LogP contribution is 2.52. The predicted octanol–water partition coefficient (Wildman–Crippen LogP) is 4.92. The second kappa shape index (κ2) is 8.59. The standard InChI is InChI=1S/C24H20N4O4S2/c1-14(15-6-4-3-5-7-15)32-23(31)27-20-16(13-25-28(20)2)8-9-19-26-21-17(33-19)12-18(34-21)24(10-11-24)22(29)30/h3-7,12-14H,10-11H2,1-2H3,(H,27,31)(H,29,30).